The molecule has 9 nitrogen and oxygen atoms in total. The van der Waals surface area contributed by atoms with E-state index in [1.807, 2.05) is 88.3 Å². The van der Waals surface area contributed by atoms with Crippen molar-refractivity contribution in [3.05, 3.63) is 84.0 Å². The van der Waals surface area contributed by atoms with E-state index in [4.69, 9.17) is 9.47 Å². The lowest BCUT2D eigenvalue weighted by molar-refractivity contribution is -0.120. The van der Waals surface area contributed by atoms with Crippen LogP contribution in [0.4, 0.5) is 10.5 Å². The molecule has 10 heteroatoms. The first-order chi connectivity index (χ1) is 20.5. The summed E-state index contributed by atoms with van der Waals surface area (Å²) in [5.74, 6) is -0.0295. The maximum Gasteiger partial charge on any atom is 0.411 e. The van der Waals surface area contributed by atoms with E-state index in [2.05, 4.69) is 0 Å². The fraction of sp³-hybridized carbons (Fsp3) is 0.455. The molecule has 1 aliphatic carbocycles. The molecule has 43 heavy (non-hydrogen) atoms. The van der Waals surface area contributed by atoms with Gasteiger partial charge in [-0.25, -0.2) is 17.5 Å². The number of sulfonamides is 1. The average Bonchev–Trinajstić information content (AvgIpc) is 2.99. The molecule has 1 aliphatic rings. The van der Waals surface area contributed by atoms with E-state index >= 15 is 0 Å². The summed E-state index contributed by atoms with van der Waals surface area (Å²) < 4.78 is 40.2. The topological polar surface area (TPSA) is 96.5 Å². The Kier molecular flexibility index (Phi) is 12.8. The van der Waals surface area contributed by atoms with E-state index in [9.17, 15) is 18.0 Å². The maximum absolute atomic E-state index is 13.7. The van der Waals surface area contributed by atoms with E-state index in [0.29, 0.717) is 17.7 Å². The Morgan fingerprint density at radius 3 is 2.44 bits per heavy atom. The van der Waals surface area contributed by atoms with Crippen LogP contribution < -0.4 is 9.64 Å². The Bertz CT molecular complexity index is 1370. The molecule has 0 saturated carbocycles. The average molecular weight is 612 g/mol. The summed E-state index contributed by atoms with van der Waals surface area (Å²) in [6, 6.07) is 16.8. The third-order valence-corrected chi connectivity index (χ3v) is 9.05. The van der Waals surface area contributed by atoms with Gasteiger partial charge in [0.1, 0.15) is 18.2 Å². The predicted octanol–water partition coefficient (Wildman–Crippen LogP) is 5.64. The Hall–Kier alpha value is -3.63. The minimum atomic E-state index is -3.89. The van der Waals surface area contributed by atoms with Crippen LogP contribution in [0.3, 0.4) is 0 Å². The zero-order valence-corrected chi connectivity index (χ0v) is 26.8. The summed E-state index contributed by atoms with van der Waals surface area (Å²) in [6.45, 7) is 6.56. The van der Waals surface area contributed by atoms with Crippen molar-refractivity contribution in [2.45, 2.75) is 52.7 Å². The summed E-state index contributed by atoms with van der Waals surface area (Å²) in [4.78, 5) is 29.6. The quantitative estimate of drug-likeness (QED) is 0.242. The molecule has 2 aromatic carbocycles. The predicted molar refractivity (Wildman–Crippen MR) is 170 cm³/mol. The molecule has 0 N–H and O–H groups in total. The molecule has 0 spiro atoms. The number of hydrogen-bond acceptors (Lipinski definition) is 7. The van der Waals surface area contributed by atoms with Gasteiger partial charge in [-0.2, -0.15) is 0 Å². The standard InChI is InChI=1S/C33H45N3O6S/c1-6-20-36(21-19-28-15-11-18-31(32(28)37)42-30-17-12-16-29(22-30)34(4)5)43(39,40)25-35(23-26(3)7-2)33(38)41-24-27-13-9-8-10-14-27/h8-18,22,26,31H,6-7,19-21,23-25H2,1-5H3. The number of carbonyl (C=O) groups excluding carboxylic acids is 2. The second kappa shape index (κ2) is 16.3. The van der Waals surface area contributed by atoms with Gasteiger partial charge in [-0.15, -0.1) is 0 Å². The Labute approximate surface area is 256 Å². The first-order valence-electron chi connectivity index (χ1n) is 14.8. The molecule has 3 rings (SSSR count). The molecular formula is C33H45N3O6S. The highest BCUT2D eigenvalue weighted by atomic mass is 32.2. The summed E-state index contributed by atoms with van der Waals surface area (Å²) >= 11 is 0. The molecule has 0 radical (unpaired) electrons. The van der Waals surface area contributed by atoms with Gasteiger partial charge in [0.15, 0.2) is 6.10 Å². The van der Waals surface area contributed by atoms with Gasteiger partial charge in [-0.05, 0) is 42.5 Å². The largest absolute Gasteiger partial charge is 0.478 e. The molecule has 0 aliphatic heterocycles. The van der Waals surface area contributed by atoms with Gasteiger partial charge in [0.2, 0.25) is 15.8 Å². The van der Waals surface area contributed by atoms with Gasteiger partial charge in [0.25, 0.3) is 0 Å². The van der Waals surface area contributed by atoms with Crippen LogP contribution in [0.5, 0.6) is 5.75 Å². The van der Waals surface area contributed by atoms with Gasteiger partial charge in [-0.1, -0.05) is 75.7 Å². The van der Waals surface area contributed by atoms with Crippen LogP contribution in [0, 0.1) is 5.92 Å². The zero-order valence-electron chi connectivity index (χ0n) is 25.9. The highest BCUT2D eigenvalue weighted by Crippen LogP contribution is 2.24. The summed E-state index contributed by atoms with van der Waals surface area (Å²) in [5, 5.41) is 0. The van der Waals surface area contributed by atoms with Crippen molar-refractivity contribution in [2.24, 2.45) is 5.92 Å². The highest BCUT2D eigenvalue weighted by molar-refractivity contribution is 7.89. The molecule has 0 fully saturated rings. The summed E-state index contributed by atoms with van der Waals surface area (Å²) in [7, 11) is -0.0337. The van der Waals surface area contributed by atoms with Crippen LogP contribution in [0.1, 0.15) is 45.6 Å². The van der Waals surface area contributed by atoms with Crippen LogP contribution in [0.25, 0.3) is 0 Å². The molecule has 0 saturated heterocycles. The molecular weight excluding hydrogens is 566 g/mol. The number of anilines is 1. The number of benzene rings is 2. The number of ether oxygens (including phenoxy) is 2. The van der Waals surface area contributed by atoms with Crippen molar-refractivity contribution in [1.29, 1.82) is 0 Å². The van der Waals surface area contributed by atoms with Crippen molar-refractivity contribution in [3.8, 4) is 5.75 Å². The van der Waals surface area contributed by atoms with Crippen molar-refractivity contribution in [1.82, 2.24) is 9.21 Å². The van der Waals surface area contributed by atoms with E-state index in [1.165, 1.54) is 9.21 Å². The fourth-order valence-corrected chi connectivity index (χ4v) is 6.16. The van der Waals surface area contributed by atoms with Gasteiger partial charge >= 0.3 is 6.09 Å². The first kappa shape index (κ1) is 33.9. The van der Waals surface area contributed by atoms with Crippen LogP contribution >= 0.6 is 0 Å². The number of ketones is 1. The number of hydrogen-bond donors (Lipinski definition) is 0. The molecule has 1 amide bonds. The lowest BCUT2D eigenvalue weighted by Crippen LogP contribution is -2.45. The summed E-state index contributed by atoms with van der Waals surface area (Å²) in [5.41, 5.74) is 2.26. The number of Topliss-reactive ketones (excluding diaryl/α,β-unsaturated/α-hetero) is 1. The monoisotopic (exact) mass is 611 g/mol. The van der Waals surface area contributed by atoms with Crippen LogP contribution in [0.15, 0.2) is 78.4 Å². The third kappa shape index (κ3) is 10.2. The van der Waals surface area contributed by atoms with Crippen molar-refractivity contribution < 1.29 is 27.5 Å². The van der Waals surface area contributed by atoms with E-state index in [0.717, 1.165) is 17.7 Å². The van der Waals surface area contributed by atoms with E-state index in [-0.39, 0.29) is 44.4 Å². The normalized spacial score (nSPS) is 15.6. The Morgan fingerprint density at radius 1 is 1.02 bits per heavy atom. The zero-order chi connectivity index (χ0) is 31.4. The molecule has 234 valence electrons. The molecule has 2 atom stereocenters. The molecule has 0 aromatic heterocycles. The van der Waals surface area contributed by atoms with E-state index in [1.54, 1.807) is 24.3 Å². The Balaban J connectivity index is 1.67. The lowest BCUT2D eigenvalue weighted by atomic mass is 9.98. The van der Waals surface area contributed by atoms with Crippen LogP contribution in [0.2, 0.25) is 0 Å². The van der Waals surface area contributed by atoms with Gasteiger partial charge < -0.3 is 14.4 Å². The number of allylic oxidation sites excluding steroid dienone is 2. The minimum absolute atomic E-state index is 0.0574. The number of carbonyl (C=O) groups is 2. The molecule has 2 unspecified atom stereocenters. The van der Waals surface area contributed by atoms with Gasteiger partial charge in [0.05, 0.1) is 0 Å². The third-order valence-electron chi connectivity index (χ3n) is 7.26. The van der Waals surface area contributed by atoms with Crippen LogP contribution in [-0.4, -0.2) is 75.2 Å². The van der Waals surface area contributed by atoms with Gasteiger partial charge in [-0.3, -0.25) is 9.69 Å². The fourth-order valence-electron chi connectivity index (χ4n) is 4.56. The van der Waals surface area contributed by atoms with Crippen LogP contribution in [-0.2, 0) is 26.2 Å². The lowest BCUT2D eigenvalue weighted by Gasteiger charge is -2.29. The van der Waals surface area contributed by atoms with E-state index < -0.39 is 28.1 Å². The molecule has 0 heterocycles. The number of amides is 1. The Morgan fingerprint density at radius 2 is 1.77 bits per heavy atom. The molecule has 0 bridgehead atoms. The van der Waals surface area contributed by atoms with Crippen molar-refractivity contribution in [2.75, 3.05) is 44.5 Å². The SMILES string of the molecule is CCCN(CCC1=CC=CC(Oc2cccc(N(C)C)c2)C1=O)S(=O)(=O)CN(CC(C)CC)C(=O)OCc1ccccc1. The second-order valence-electron chi connectivity index (χ2n) is 11.0. The van der Waals surface area contributed by atoms with Crippen molar-refractivity contribution >= 4 is 27.6 Å². The number of rotatable bonds is 16. The minimum Gasteiger partial charge on any atom is -0.478 e. The first-order valence-corrected chi connectivity index (χ1v) is 16.4. The second-order valence-corrected chi connectivity index (χ2v) is 13.0. The highest BCUT2D eigenvalue weighted by Gasteiger charge is 2.30. The van der Waals surface area contributed by atoms with Gasteiger partial charge in [0, 0.05) is 51.1 Å². The smallest absolute Gasteiger partial charge is 0.411 e. The van der Waals surface area contributed by atoms with Crippen molar-refractivity contribution in [3.63, 3.8) is 0 Å². The summed E-state index contributed by atoms with van der Waals surface area (Å²) in [6.07, 6.45) is 5.32. The maximum atomic E-state index is 13.7. The molecule has 2 aromatic rings. The number of nitrogens with zero attached hydrogens (tertiary/aromatic N) is 3.